The van der Waals surface area contributed by atoms with Crippen LogP contribution in [0.2, 0.25) is 0 Å². The number of alkyl halides is 1. The lowest BCUT2D eigenvalue weighted by molar-refractivity contribution is -0.117. The molecule has 1 unspecified atom stereocenters. The Bertz CT molecular complexity index is 1780. The van der Waals surface area contributed by atoms with Crippen LogP contribution in [0.5, 0.6) is 0 Å². The molecule has 1 aliphatic heterocycles. The summed E-state index contributed by atoms with van der Waals surface area (Å²) in [6.07, 6.45) is 6.22. The molecule has 1 saturated carbocycles. The van der Waals surface area contributed by atoms with Crippen LogP contribution < -0.4 is 14.9 Å². The van der Waals surface area contributed by atoms with Crippen molar-refractivity contribution in [2.75, 3.05) is 34.8 Å². The second kappa shape index (κ2) is 10.7. The summed E-state index contributed by atoms with van der Waals surface area (Å²) < 4.78 is 49.8. The summed E-state index contributed by atoms with van der Waals surface area (Å²) in [5, 5.41) is 10.3. The fourth-order valence-corrected chi connectivity index (χ4v) is 5.74. The lowest BCUT2D eigenvalue weighted by Crippen LogP contribution is -2.25. The van der Waals surface area contributed by atoms with Crippen LogP contribution in [0.1, 0.15) is 37.7 Å². The number of hydrogen-bond donors (Lipinski definition) is 2. The molecule has 3 atom stereocenters. The van der Waals surface area contributed by atoms with E-state index in [-0.39, 0.29) is 18.5 Å². The molecule has 42 heavy (non-hydrogen) atoms. The Morgan fingerprint density at radius 1 is 1.17 bits per heavy atom. The lowest BCUT2D eigenvalue weighted by Gasteiger charge is -2.25. The number of halogens is 1. The number of imidazole rings is 1. The number of sulfonamides is 1. The van der Waals surface area contributed by atoms with E-state index in [0.29, 0.717) is 40.7 Å². The number of carbonyl (C=O) groups excluding carboxylic acids is 1. The van der Waals surface area contributed by atoms with Crippen LogP contribution in [0.3, 0.4) is 0 Å². The van der Waals surface area contributed by atoms with Crippen LogP contribution in [0, 0.1) is 12.8 Å². The average molecular weight is 597 g/mol. The first-order valence-corrected chi connectivity index (χ1v) is 15.6. The van der Waals surface area contributed by atoms with Crippen LogP contribution in [0.4, 0.5) is 27.3 Å². The van der Waals surface area contributed by atoms with E-state index in [4.69, 9.17) is 14.7 Å². The molecular weight excluding hydrogens is 563 g/mol. The van der Waals surface area contributed by atoms with Gasteiger partial charge in [-0.2, -0.15) is 5.10 Å². The highest BCUT2D eigenvalue weighted by atomic mass is 32.2. The molecule has 1 aromatic carbocycles. The zero-order chi connectivity index (χ0) is 29.8. The maximum Gasteiger partial charge on any atom is 0.232 e. The third-order valence-electron chi connectivity index (χ3n) is 7.71. The zero-order valence-electron chi connectivity index (χ0n) is 23.8. The monoisotopic (exact) mass is 596 g/mol. The minimum absolute atomic E-state index is 0.191. The van der Waals surface area contributed by atoms with E-state index in [0.717, 1.165) is 36.6 Å². The Morgan fingerprint density at radius 2 is 1.95 bits per heavy atom. The number of nitrogens with zero attached hydrogens (tertiary/aromatic N) is 6. The summed E-state index contributed by atoms with van der Waals surface area (Å²) in [6, 6.07) is 7.06. The summed E-state index contributed by atoms with van der Waals surface area (Å²) in [5.74, 6) is -0.212. The first kappa shape index (κ1) is 28.1. The highest BCUT2D eigenvalue weighted by molar-refractivity contribution is 7.92. The predicted octanol–water partition coefficient (Wildman–Crippen LogP) is 4.28. The molecular formula is C28H33FN8O4S. The Hall–Kier alpha value is -4.04. The number of pyridine rings is 1. The van der Waals surface area contributed by atoms with Crippen molar-refractivity contribution in [1.82, 2.24) is 24.3 Å². The van der Waals surface area contributed by atoms with Crippen molar-refractivity contribution in [2.45, 2.75) is 45.0 Å². The molecule has 222 valence electrons. The van der Waals surface area contributed by atoms with Gasteiger partial charge in [0.15, 0.2) is 5.65 Å². The van der Waals surface area contributed by atoms with Crippen LogP contribution >= 0.6 is 0 Å². The minimum atomic E-state index is -3.62. The van der Waals surface area contributed by atoms with Crippen molar-refractivity contribution >= 4 is 50.0 Å². The number of amides is 1. The third-order valence-corrected chi connectivity index (χ3v) is 8.90. The van der Waals surface area contributed by atoms with Gasteiger partial charge in [-0.25, -0.2) is 22.8 Å². The Balaban J connectivity index is 1.46. The molecule has 14 heteroatoms. The highest BCUT2D eigenvalue weighted by Crippen LogP contribution is 2.39. The molecule has 12 nitrogen and oxygen atoms in total. The molecule has 0 spiro atoms. The Kier molecular flexibility index (Phi) is 7.13. The number of aryl methyl sites for hydroxylation is 2. The Labute approximate surface area is 242 Å². The van der Waals surface area contributed by atoms with Crippen molar-refractivity contribution in [2.24, 2.45) is 13.0 Å². The van der Waals surface area contributed by atoms with E-state index < -0.39 is 28.0 Å². The molecule has 1 saturated heterocycles. The van der Waals surface area contributed by atoms with E-state index in [2.05, 4.69) is 15.7 Å². The predicted molar refractivity (Wildman–Crippen MR) is 158 cm³/mol. The number of benzene rings is 1. The number of nitrogens with one attached hydrogen (secondary N) is 2. The van der Waals surface area contributed by atoms with Crippen LogP contribution in [-0.2, 0) is 26.6 Å². The normalized spacial score (nSPS) is 20.5. The molecule has 2 fully saturated rings. The van der Waals surface area contributed by atoms with Crippen molar-refractivity contribution in [1.29, 1.82) is 0 Å². The minimum Gasteiger partial charge on any atom is -0.358 e. The van der Waals surface area contributed by atoms with Gasteiger partial charge in [0.1, 0.15) is 29.6 Å². The maximum absolute atomic E-state index is 13.6. The first-order chi connectivity index (χ1) is 20.0. The van der Waals surface area contributed by atoms with E-state index in [1.165, 1.54) is 11.4 Å². The van der Waals surface area contributed by atoms with E-state index in [9.17, 15) is 17.6 Å². The van der Waals surface area contributed by atoms with E-state index >= 15 is 0 Å². The molecule has 2 N–H and O–H groups in total. The summed E-state index contributed by atoms with van der Waals surface area (Å²) in [7, 11) is -0.330. The largest absolute Gasteiger partial charge is 0.358 e. The van der Waals surface area contributed by atoms with E-state index in [1.54, 1.807) is 29.1 Å². The van der Waals surface area contributed by atoms with Gasteiger partial charge in [0.05, 0.1) is 35.4 Å². The third kappa shape index (κ3) is 5.43. The van der Waals surface area contributed by atoms with Gasteiger partial charge in [0.25, 0.3) is 0 Å². The van der Waals surface area contributed by atoms with Gasteiger partial charge in [-0.1, -0.05) is 6.07 Å². The molecule has 4 heterocycles. The molecule has 0 bridgehead atoms. The number of anilines is 4. The van der Waals surface area contributed by atoms with Gasteiger partial charge >= 0.3 is 0 Å². The number of fused-ring (bicyclic) bond motifs is 1. The summed E-state index contributed by atoms with van der Waals surface area (Å²) in [4.78, 5) is 22.2. The van der Waals surface area contributed by atoms with Crippen molar-refractivity contribution in [3.8, 4) is 11.1 Å². The van der Waals surface area contributed by atoms with Gasteiger partial charge in [-0.3, -0.25) is 18.3 Å². The second-order valence-electron chi connectivity index (χ2n) is 10.9. The van der Waals surface area contributed by atoms with Crippen LogP contribution in [-0.4, -0.2) is 64.7 Å². The van der Waals surface area contributed by atoms with Crippen LogP contribution in [0.25, 0.3) is 22.3 Å². The fourth-order valence-electron chi connectivity index (χ4n) is 5.23. The Morgan fingerprint density at radius 3 is 2.60 bits per heavy atom. The number of ether oxygens (including phenoxy) is 1. The average Bonchev–Trinajstić information content (AvgIpc) is 3.36. The summed E-state index contributed by atoms with van der Waals surface area (Å²) >= 11 is 0. The van der Waals surface area contributed by atoms with Gasteiger partial charge < -0.3 is 15.4 Å². The lowest BCUT2D eigenvalue weighted by atomic mass is 10.1. The SMILES string of the molecule is Cc1nc2c(Nc3ccc(-c4cnn(C)c4)cc3N(C)S(C)(=O)=O)cc(NC(=O)[C@H]3C[C@H]3F)nc2n1C1CCCCO1. The van der Waals surface area contributed by atoms with Gasteiger partial charge in [0, 0.05) is 38.5 Å². The fraction of sp³-hybridized carbons (Fsp3) is 0.429. The van der Waals surface area contributed by atoms with Crippen molar-refractivity contribution in [3.63, 3.8) is 0 Å². The quantitative estimate of drug-likeness (QED) is 0.308. The molecule has 1 aliphatic carbocycles. The molecule has 6 rings (SSSR count). The van der Waals surface area contributed by atoms with Crippen molar-refractivity contribution in [3.05, 3.63) is 42.5 Å². The number of hydrogen-bond acceptors (Lipinski definition) is 8. The maximum atomic E-state index is 13.6. The zero-order valence-corrected chi connectivity index (χ0v) is 24.7. The molecule has 3 aromatic heterocycles. The molecule has 2 aliphatic rings. The topological polar surface area (TPSA) is 136 Å². The van der Waals surface area contributed by atoms with Gasteiger partial charge in [0.2, 0.25) is 15.9 Å². The molecule has 4 aromatic rings. The molecule has 0 radical (unpaired) electrons. The van der Waals surface area contributed by atoms with Crippen molar-refractivity contribution < 1.29 is 22.3 Å². The number of aromatic nitrogens is 5. The van der Waals surface area contributed by atoms with E-state index in [1.807, 2.05) is 30.8 Å². The first-order valence-electron chi connectivity index (χ1n) is 13.8. The van der Waals surface area contributed by atoms with Gasteiger partial charge in [-0.15, -0.1) is 0 Å². The highest BCUT2D eigenvalue weighted by Gasteiger charge is 2.44. The smallest absolute Gasteiger partial charge is 0.232 e. The number of carbonyl (C=O) groups is 1. The number of rotatable bonds is 8. The second-order valence-corrected chi connectivity index (χ2v) is 12.9. The standard InChI is InChI=1S/C28H33FN8O4S/c1-16-31-26-22(32-21-9-8-17(18-14-30-35(2)15-18)11-23(21)36(3)42(4,39)40)13-24(34-28(38)19-12-20(19)29)33-27(26)37(16)25-7-5-6-10-41-25/h8-9,11,13-15,19-20,25H,5-7,10,12H2,1-4H3,(H2,32,33,34,38)/t19-,20+,25?/m0/s1. The molecule has 1 amide bonds. The van der Waals surface area contributed by atoms with Gasteiger partial charge in [-0.05, 0) is 50.3 Å². The van der Waals surface area contributed by atoms with Crippen LogP contribution in [0.15, 0.2) is 36.7 Å². The summed E-state index contributed by atoms with van der Waals surface area (Å²) in [5.41, 5.74) is 4.03. The summed E-state index contributed by atoms with van der Waals surface area (Å²) in [6.45, 7) is 2.49.